The van der Waals surface area contributed by atoms with Gasteiger partial charge in [0.2, 0.25) is 10.0 Å². The minimum absolute atomic E-state index is 0.0988. The predicted octanol–water partition coefficient (Wildman–Crippen LogP) is 2.45. The zero-order valence-corrected chi connectivity index (χ0v) is 13.5. The molecule has 1 fully saturated rings. The van der Waals surface area contributed by atoms with E-state index >= 15 is 0 Å². The molecule has 1 aromatic carbocycles. The Labute approximate surface area is 129 Å². The number of hydrogen-bond donors (Lipinski definition) is 1. The summed E-state index contributed by atoms with van der Waals surface area (Å²) in [5.41, 5.74) is -1.15. The Balaban J connectivity index is 2.50. The molecule has 0 bridgehead atoms. The summed E-state index contributed by atoms with van der Waals surface area (Å²) in [6, 6.07) is 2.99. The molecule has 21 heavy (non-hydrogen) atoms. The quantitative estimate of drug-likeness (QED) is 0.849. The fraction of sp³-hybridized carbons (Fsp3) is 0.500. The van der Waals surface area contributed by atoms with Crippen LogP contribution in [0.2, 0.25) is 0 Å². The first-order valence-electron chi connectivity index (χ1n) is 6.22. The molecule has 0 radical (unpaired) electrons. The molecule has 1 aromatic rings. The summed E-state index contributed by atoms with van der Waals surface area (Å²) >= 11 is 2.94. The third kappa shape index (κ3) is 3.58. The van der Waals surface area contributed by atoms with Crippen LogP contribution in [-0.4, -0.2) is 38.4 Å². The third-order valence-electron chi connectivity index (χ3n) is 3.20. The van der Waals surface area contributed by atoms with Crippen molar-refractivity contribution in [2.24, 2.45) is 0 Å². The van der Waals surface area contributed by atoms with Crippen molar-refractivity contribution in [2.75, 3.05) is 19.6 Å². The Bertz CT molecular complexity index is 634. The van der Waals surface area contributed by atoms with Gasteiger partial charge in [0.05, 0.1) is 10.5 Å². The number of hydrogen-bond acceptors (Lipinski definition) is 3. The van der Waals surface area contributed by atoms with Crippen LogP contribution in [0.5, 0.6) is 0 Å². The van der Waals surface area contributed by atoms with E-state index in [1.807, 2.05) is 0 Å². The average molecular weight is 387 g/mol. The van der Waals surface area contributed by atoms with E-state index in [1.54, 1.807) is 6.92 Å². The summed E-state index contributed by atoms with van der Waals surface area (Å²) in [7, 11) is -4.17. The molecule has 0 aliphatic carbocycles. The van der Waals surface area contributed by atoms with Gasteiger partial charge >= 0.3 is 6.18 Å². The maximum atomic E-state index is 13.1. The first kappa shape index (κ1) is 16.7. The van der Waals surface area contributed by atoms with Crippen molar-refractivity contribution in [3.05, 3.63) is 28.2 Å². The molecule has 118 valence electrons. The summed E-state index contributed by atoms with van der Waals surface area (Å²) in [6.07, 6.45) is -4.73. The predicted molar refractivity (Wildman–Crippen MR) is 75.4 cm³/mol. The van der Waals surface area contributed by atoms with Crippen molar-refractivity contribution in [3.63, 3.8) is 0 Å². The van der Waals surface area contributed by atoms with Crippen LogP contribution in [0.15, 0.2) is 27.6 Å². The highest BCUT2D eigenvalue weighted by Crippen LogP contribution is 2.37. The van der Waals surface area contributed by atoms with Crippen molar-refractivity contribution in [3.8, 4) is 0 Å². The molecule has 0 amide bonds. The molecule has 9 heteroatoms. The zero-order valence-electron chi connectivity index (χ0n) is 11.1. The van der Waals surface area contributed by atoms with Crippen LogP contribution in [0.1, 0.15) is 12.5 Å². The van der Waals surface area contributed by atoms with E-state index in [0.29, 0.717) is 6.54 Å². The number of halogens is 4. The van der Waals surface area contributed by atoms with Crippen LogP contribution in [-0.2, 0) is 16.2 Å². The van der Waals surface area contributed by atoms with E-state index < -0.39 is 26.7 Å². The molecule has 0 saturated carbocycles. The highest BCUT2D eigenvalue weighted by Gasteiger charge is 2.39. The van der Waals surface area contributed by atoms with Gasteiger partial charge in [-0.2, -0.15) is 17.5 Å². The van der Waals surface area contributed by atoms with Gasteiger partial charge in [0.25, 0.3) is 0 Å². The third-order valence-corrected chi connectivity index (χ3v) is 5.61. The Kier molecular flexibility index (Phi) is 4.67. The molecule has 4 nitrogen and oxygen atoms in total. The molecule has 1 aliphatic rings. The van der Waals surface area contributed by atoms with Gasteiger partial charge in [-0.15, -0.1) is 0 Å². The Morgan fingerprint density at radius 3 is 2.62 bits per heavy atom. The molecule has 1 atom stereocenters. The molecule has 0 aromatic heterocycles. The number of nitrogens with zero attached hydrogens (tertiary/aromatic N) is 1. The second kappa shape index (κ2) is 5.86. The Hall–Kier alpha value is -0.640. The van der Waals surface area contributed by atoms with Gasteiger partial charge in [-0.25, -0.2) is 8.42 Å². The lowest BCUT2D eigenvalue weighted by molar-refractivity contribution is -0.140. The van der Waals surface area contributed by atoms with E-state index in [-0.39, 0.29) is 23.6 Å². The largest absolute Gasteiger partial charge is 0.417 e. The van der Waals surface area contributed by atoms with Crippen molar-refractivity contribution in [1.82, 2.24) is 9.62 Å². The Morgan fingerprint density at radius 2 is 2.05 bits per heavy atom. The smallest absolute Gasteiger partial charge is 0.312 e. The lowest BCUT2D eigenvalue weighted by atomic mass is 10.2. The maximum Gasteiger partial charge on any atom is 0.417 e. The molecule has 1 heterocycles. The maximum absolute atomic E-state index is 13.1. The van der Waals surface area contributed by atoms with Gasteiger partial charge in [0, 0.05) is 30.1 Å². The van der Waals surface area contributed by atoms with Crippen LogP contribution in [0.3, 0.4) is 0 Å². The minimum atomic E-state index is -4.73. The van der Waals surface area contributed by atoms with Gasteiger partial charge in [-0.05, 0) is 25.1 Å². The van der Waals surface area contributed by atoms with Gasteiger partial charge in [0.1, 0.15) is 0 Å². The SMILES string of the molecule is CC1CN(S(=O)(=O)c2ccc(Br)cc2C(F)(F)F)CCN1. The molecule has 1 N–H and O–H groups in total. The summed E-state index contributed by atoms with van der Waals surface area (Å²) in [5, 5.41) is 3.05. The second-order valence-electron chi connectivity index (χ2n) is 4.86. The van der Waals surface area contributed by atoms with Crippen molar-refractivity contribution in [1.29, 1.82) is 0 Å². The number of nitrogens with one attached hydrogen (secondary N) is 1. The zero-order chi connectivity index (χ0) is 15.8. The van der Waals surface area contributed by atoms with Crippen molar-refractivity contribution < 1.29 is 21.6 Å². The number of rotatable bonds is 2. The summed E-state index contributed by atoms with van der Waals surface area (Å²) in [4.78, 5) is -0.702. The topological polar surface area (TPSA) is 49.4 Å². The van der Waals surface area contributed by atoms with E-state index in [4.69, 9.17) is 0 Å². The molecule has 1 aliphatic heterocycles. The standard InChI is InChI=1S/C12H14BrF3N2O2S/c1-8-7-18(5-4-17-8)21(19,20)11-3-2-9(13)6-10(11)12(14,15)16/h2-3,6,8,17H,4-5,7H2,1H3. The molecule has 1 saturated heterocycles. The summed E-state index contributed by atoms with van der Waals surface area (Å²) in [6.45, 7) is 2.50. The molecule has 0 spiro atoms. The van der Waals surface area contributed by atoms with Crippen molar-refractivity contribution in [2.45, 2.75) is 24.0 Å². The van der Waals surface area contributed by atoms with Crippen molar-refractivity contribution >= 4 is 26.0 Å². The summed E-state index contributed by atoms with van der Waals surface area (Å²) in [5.74, 6) is 0. The van der Waals surface area contributed by atoms with Crippen LogP contribution < -0.4 is 5.32 Å². The van der Waals surface area contributed by atoms with Gasteiger partial charge in [-0.1, -0.05) is 15.9 Å². The highest BCUT2D eigenvalue weighted by atomic mass is 79.9. The average Bonchev–Trinajstić information content (AvgIpc) is 2.37. The number of alkyl halides is 3. The monoisotopic (exact) mass is 386 g/mol. The van der Waals surface area contributed by atoms with Gasteiger partial charge in [-0.3, -0.25) is 0 Å². The molecule has 2 rings (SSSR count). The molecule has 1 unspecified atom stereocenters. The molecular formula is C12H14BrF3N2O2S. The van der Waals surface area contributed by atoms with E-state index in [0.717, 1.165) is 16.4 Å². The van der Waals surface area contributed by atoms with Crippen LogP contribution in [0, 0.1) is 0 Å². The number of sulfonamides is 1. The van der Waals surface area contributed by atoms with E-state index in [2.05, 4.69) is 21.2 Å². The highest BCUT2D eigenvalue weighted by molar-refractivity contribution is 9.10. The van der Waals surface area contributed by atoms with Crippen LogP contribution >= 0.6 is 15.9 Å². The summed E-state index contributed by atoms with van der Waals surface area (Å²) < 4.78 is 65.5. The lowest BCUT2D eigenvalue weighted by Gasteiger charge is -2.31. The molecular weight excluding hydrogens is 373 g/mol. The minimum Gasteiger partial charge on any atom is -0.312 e. The first-order valence-corrected chi connectivity index (χ1v) is 8.46. The van der Waals surface area contributed by atoms with Gasteiger partial charge < -0.3 is 5.32 Å². The van der Waals surface area contributed by atoms with E-state index in [1.165, 1.54) is 6.07 Å². The number of piperazine rings is 1. The van der Waals surface area contributed by atoms with Crippen LogP contribution in [0.4, 0.5) is 13.2 Å². The van der Waals surface area contributed by atoms with E-state index in [9.17, 15) is 21.6 Å². The normalized spacial score (nSPS) is 21.5. The lowest BCUT2D eigenvalue weighted by Crippen LogP contribution is -2.51. The first-order chi connectivity index (χ1) is 9.62. The number of benzene rings is 1. The fourth-order valence-electron chi connectivity index (χ4n) is 2.20. The fourth-order valence-corrected chi connectivity index (χ4v) is 4.29. The van der Waals surface area contributed by atoms with Crippen LogP contribution in [0.25, 0.3) is 0 Å². The Morgan fingerprint density at radius 1 is 1.38 bits per heavy atom. The van der Waals surface area contributed by atoms with Gasteiger partial charge in [0.15, 0.2) is 0 Å². The second-order valence-corrected chi connectivity index (χ2v) is 7.68.